The first-order valence-electron chi connectivity index (χ1n) is 4.47. The van der Waals surface area contributed by atoms with Crippen molar-refractivity contribution in [2.45, 2.75) is 19.4 Å². The van der Waals surface area contributed by atoms with Gasteiger partial charge in [-0.15, -0.1) is 6.42 Å². The van der Waals surface area contributed by atoms with E-state index in [1.165, 1.54) is 0 Å². The van der Waals surface area contributed by atoms with E-state index in [9.17, 15) is 0 Å². The molecular weight excluding hydrogens is 162 g/mol. The highest BCUT2D eigenvalue weighted by atomic mass is 15.3. The molecule has 0 amide bonds. The lowest BCUT2D eigenvalue weighted by atomic mass is 10.2. The first kappa shape index (κ1) is 9.82. The fraction of sp³-hybridized carbons (Fsp3) is 0.500. The summed E-state index contributed by atoms with van der Waals surface area (Å²) in [6, 6.07) is 1.92. The van der Waals surface area contributed by atoms with Crippen LogP contribution in [0.4, 0.5) is 0 Å². The van der Waals surface area contributed by atoms with E-state index in [-0.39, 0.29) is 6.04 Å². The van der Waals surface area contributed by atoms with E-state index in [4.69, 9.17) is 6.42 Å². The largest absolute Gasteiger partial charge is 0.299 e. The second-order valence-electron chi connectivity index (χ2n) is 2.93. The fourth-order valence-corrected chi connectivity index (χ4v) is 1.20. The van der Waals surface area contributed by atoms with Gasteiger partial charge in [-0.1, -0.05) is 12.8 Å². The normalized spacial score (nSPS) is 12.4. The van der Waals surface area contributed by atoms with Crippen LogP contribution >= 0.6 is 0 Å². The van der Waals surface area contributed by atoms with Gasteiger partial charge in [-0.25, -0.2) is 0 Å². The molecule has 0 aliphatic heterocycles. The van der Waals surface area contributed by atoms with Crippen molar-refractivity contribution in [2.75, 3.05) is 6.54 Å². The third-order valence-electron chi connectivity index (χ3n) is 1.92. The van der Waals surface area contributed by atoms with Crippen molar-refractivity contribution in [3.63, 3.8) is 0 Å². The molecule has 1 heterocycles. The van der Waals surface area contributed by atoms with E-state index in [1.807, 2.05) is 13.1 Å². The van der Waals surface area contributed by atoms with Gasteiger partial charge in [0, 0.05) is 13.2 Å². The number of terminal acetylenes is 1. The van der Waals surface area contributed by atoms with E-state index >= 15 is 0 Å². The van der Waals surface area contributed by atoms with Gasteiger partial charge in [0.1, 0.15) is 6.04 Å². The molecular formula is C10H15N3. The topological polar surface area (TPSA) is 29.9 Å². The molecule has 0 aliphatic rings. The van der Waals surface area contributed by atoms with Crippen LogP contribution in [0.1, 0.15) is 25.1 Å². The van der Waals surface area contributed by atoms with E-state index in [2.05, 4.69) is 23.3 Å². The van der Waals surface area contributed by atoms with E-state index < -0.39 is 0 Å². The van der Waals surface area contributed by atoms with Gasteiger partial charge in [-0.05, 0) is 19.0 Å². The minimum absolute atomic E-state index is 0.0209. The van der Waals surface area contributed by atoms with Crippen LogP contribution in [-0.2, 0) is 7.05 Å². The summed E-state index contributed by atoms with van der Waals surface area (Å²) in [5.41, 5.74) is 1.04. The molecule has 0 saturated heterocycles. The van der Waals surface area contributed by atoms with Crippen LogP contribution in [0.2, 0.25) is 0 Å². The van der Waals surface area contributed by atoms with Gasteiger partial charge < -0.3 is 0 Å². The SMILES string of the molecule is C#CC(NCCC)c1ccnn1C. The summed E-state index contributed by atoms with van der Waals surface area (Å²) in [5.74, 6) is 2.71. The Morgan fingerprint density at radius 1 is 1.77 bits per heavy atom. The van der Waals surface area contributed by atoms with Crippen LogP contribution in [-0.4, -0.2) is 16.3 Å². The molecule has 1 atom stereocenters. The maximum absolute atomic E-state index is 5.42. The van der Waals surface area contributed by atoms with Crippen LogP contribution in [0.25, 0.3) is 0 Å². The molecule has 1 aromatic rings. The summed E-state index contributed by atoms with van der Waals surface area (Å²) in [4.78, 5) is 0. The van der Waals surface area contributed by atoms with Crippen molar-refractivity contribution in [3.8, 4) is 12.3 Å². The fourth-order valence-electron chi connectivity index (χ4n) is 1.20. The number of aromatic nitrogens is 2. The molecule has 1 rings (SSSR count). The second kappa shape index (κ2) is 4.68. The monoisotopic (exact) mass is 177 g/mol. The molecule has 0 fully saturated rings. The Bertz CT molecular complexity index is 295. The summed E-state index contributed by atoms with van der Waals surface area (Å²) in [6.45, 7) is 3.05. The third-order valence-corrected chi connectivity index (χ3v) is 1.92. The Labute approximate surface area is 79.1 Å². The van der Waals surface area contributed by atoms with Crippen LogP contribution in [0.5, 0.6) is 0 Å². The maximum Gasteiger partial charge on any atom is 0.111 e. The molecule has 13 heavy (non-hydrogen) atoms. The maximum atomic E-state index is 5.42. The smallest absolute Gasteiger partial charge is 0.111 e. The minimum atomic E-state index is -0.0209. The first-order chi connectivity index (χ1) is 6.29. The highest BCUT2D eigenvalue weighted by molar-refractivity contribution is 5.17. The average Bonchev–Trinajstić information content (AvgIpc) is 2.54. The molecule has 3 nitrogen and oxygen atoms in total. The number of aryl methyl sites for hydroxylation is 1. The van der Waals surface area contributed by atoms with E-state index in [0.717, 1.165) is 18.7 Å². The number of hydrogen-bond acceptors (Lipinski definition) is 2. The zero-order valence-corrected chi connectivity index (χ0v) is 8.12. The molecule has 0 bridgehead atoms. The Balaban J connectivity index is 2.68. The van der Waals surface area contributed by atoms with Crippen LogP contribution in [0.3, 0.4) is 0 Å². The van der Waals surface area contributed by atoms with Gasteiger partial charge in [0.05, 0.1) is 5.69 Å². The quantitative estimate of drug-likeness (QED) is 0.698. The molecule has 0 spiro atoms. The second-order valence-corrected chi connectivity index (χ2v) is 2.93. The summed E-state index contributed by atoms with van der Waals surface area (Å²) in [7, 11) is 1.90. The van der Waals surface area contributed by atoms with Gasteiger partial charge in [0.15, 0.2) is 0 Å². The molecule has 0 aromatic carbocycles. The molecule has 1 aromatic heterocycles. The van der Waals surface area contributed by atoms with Crippen molar-refractivity contribution in [1.29, 1.82) is 0 Å². The standard InChI is InChI=1S/C10H15N3/c1-4-7-11-9(5-2)10-6-8-12-13(10)3/h2,6,8-9,11H,4,7H2,1,3H3. The van der Waals surface area contributed by atoms with Crippen LogP contribution < -0.4 is 5.32 Å². The lowest BCUT2D eigenvalue weighted by molar-refractivity contribution is 0.577. The molecule has 0 aliphatic carbocycles. The molecule has 0 radical (unpaired) electrons. The molecule has 3 heteroatoms. The predicted molar refractivity (Wildman–Crippen MR) is 53.1 cm³/mol. The van der Waals surface area contributed by atoms with Gasteiger partial charge in [-0.2, -0.15) is 5.10 Å². The van der Waals surface area contributed by atoms with Crippen molar-refractivity contribution in [2.24, 2.45) is 7.05 Å². The summed E-state index contributed by atoms with van der Waals surface area (Å²) < 4.78 is 1.80. The Kier molecular flexibility index (Phi) is 3.53. The van der Waals surface area contributed by atoms with Crippen molar-refractivity contribution in [1.82, 2.24) is 15.1 Å². The zero-order chi connectivity index (χ0) is 9.68. The molecule has 1 unspecified atom stereocenters. The number of nitrogens with zero attached hydrogens (tertiary/aromatic N) is 2. The Hall–Kier alpha value is -1.27. The molecule has 1 N–H and O–H groups in total. The van der Waals surface area contributed by atoms with Crippen LogP contribution in [0, 0.1) is 12.3 Å². The lowest BCUT2D eigenvalue weighted by Gasteiger charge is -2.12. The number of nitrogens with one attached hydrogen (secondary N) is 1. The summed E-state index contributed by atoms with van der Waals surface area (Å²) in [5, 5.41) is 7.34. The van der Waals surface area contributed by atoms with Gasteiger partial charge in [-0.3, -0.25) is 10.00 Å². The molecule has 70 valence electrons. The van der Waals surface area contributed by atoms with Crippen molar-refractivity contribution < 1.29 is 0 Å². The zero-order valence-electron chi connectivity index (χ0n) is 8.12. The Morgan fingerprint density at radius 2 is 2.54 bits per heavy atom. The summed E-state index contributed by atoms with van der Waals surface area (Å²) in [6.07, 6.45) is 8.26. The minimum Gasteiger partial charge on any atom is -0.299 e. The predicted octanol–water partition coefficient (Wildman–Crippen LogP) is 1.09. The van der Waals surface area contributed by atoms with Gasteiger partial charge in [0.25, 0.3) is 0 Å². The van der Waals surface area contributed by atoms with Gasteiger partial charge in [0.2, 0.25) is 0 Å². The van der Waals surface area contributed by atoms with E-state index in [1.54, 1.807) is 10.9 Å². The van der Waals surface area contributed by atoms with Crippen LogP contribution in [0.15, 0.2) is 12.3 Å². The third kappa shape index (κ3) is 2.33. The highest BCUT2D eigenvalue weighted by Crippen LogP contribution is 2.09. The average molecular weight is 177 g/mol. The van der Waals surface area contributed by atoms with Crippen molar-refractivity contribution in [3.05, 3.63) is 18.0 Å². The molecule has 0 saturated carbocycles. The lowest BCUT2D eigenvalue weighted by Crippen LogP contribution is -2.22. The van der Waals surface area contributed by atoms with E-state index in [0.29, 0.717) is 0 Å². The first-order valence-corrected chi connectivity index (χ1v) is 4.47. The van der Waals surface area contributed by atoms with Crippen molar-refractivity contribution >= 4 is 0 Å². The number of hydrogen-bond donors (Lipinski definition) is 1. The van der Waals surface area contributed by atoms with Gasteiger partial charge >= 0.3 is 0 Å². The summed E-state index contributed by atoms with van der Waals surface area (Å²) >= 11 is 0. The number of rotatable bonds is 4. The highest BCUT2D eigenvalue weighted by Gasteiger charge is 2.09. The Morgan fingerprint density at radius 3 is 3.00 bits per heavy atom.